The van der Waals surface area contributed by atoms with Gasteiger partial charge in [0.15, 0.2) is 22.9 Å². The Morgan fingerprint density at radius 2 is 1.92 bits per heavy atom. The lowest BCUT2D eigenvalue weighted by atomic mass is 10.1. The predicted molar refractivity (Wildman–Crippen MR) is 128 cm³/mol. The van der Waals surface area contributed by atoms with Crippen LogP contribution >= 0.6 is 38.4 Å². The topological polar surface area (TPSA) is 193 Å². The van der Waals surface area contributed by atoms with Gasteiger partial charge in [-0.15, -0.1) is 5.10 Å². The summed E-state index contributed by atoms with van der Waals surface area (Å²) in [7, 11) is -9.52. The summed E-state index contributed by atoms with van der Waals surface area (Å²) in [4.78, 5) is 35.7. The van der Waals surface area contributed by atoms with Gasteiger partial charge in [-0.2, -0.15) is 9.97 Å². The van der Waals surface area contributed by atoms with E-state index in [1.165, 1.54) is 4.68 Å². The number of nitrogens with zero attached hydrogens (tertiary/aromatic N) is 5. The number of aromatic nitrogens is 5. The maximum atomic E-state index is 14.8. The molecule has 1 fully saturated rings. The van der Waals surface area contributed by atoms with E-state index in [4.69, 9.17) is 37.5 Å². The number of rotatable bonds is 9. The third-order valence-electron chi connectivity index (χ3n) is 5.58. The molecule has 1 aliphatic rings. The summed E-state index contributed by atoms with van der Waals surface area (Å²) < 4.78 is 43.7. The standard InChI is InChI=1S/C18H21Cl2FN6O7P2/c19-11-4-2-1-3-9(11)6-22-16-14-17(24-18(20)23-16)27(26-25-14)12-5-10(13(21)15(12)28)7-34-36(32,33)8-35(29,30)31/h1-4,10,12-13,15,28H,5-8H2,(H,32,33)(H,22,23,24)(H2,29,30,31)/t10-,12-,13-,15+/m1/s1. The maximum Gasteiger partial charge on any atom is 0.340 e. The van der Waals surface area contributed by atoms with E-state index in [2.05, 4.69) is 25.6 Å². The van der Waals surface area contributed by atoms with E-state index in [1.54, 1.807) is 12.1 Å². The number of hydrogen-bond acceptors (Lipinski definition) is 9. The Balaban J connectivity index is 1.53. The molecule has 1 unspecified atom stereocenters. The first kappa shape index (κ1) is 27.3. The van der Waals surface area contributed by atoms with E-state index >= 15 is 0 Å². The lowest BCUT2D eigenvalue weighted by molar-refractivity contribution is 0.0498. The highest BCUT2D eigenvalue weighted by molar-refractivity contribution is 7.70. The molecule has 5 N–H and O–H groups in total. The molecule has 2 heterocycles. The average Bonchev–Trinajstić information content (AvgIpc) is 3.31. The second kappa shape index (κ2) is 10.6. The number of anilines is 1. The number of benzene rings is 1. The fourth-order valence-electron chi connectivity index (χ4n) is 3.93. The molecule has 1 saturated carbocycles. The van der Waals surface area contributed by atoms with Gasteiger partial charge in [-0.3, -0.25) is 9.13 Å². The second-order valence-corrected chi connectivity index (χ2v) is 13.0. The van der Waals surface area contributed by atoms with Crippen LogP contribution in [0.15, 0.2) is 24.3 Å². The second-order valence-electron chi connectivity index (χ2n) is 8.23. The molecule has 5 atom stereocenters. The monoisotopic (exact) mass is 584 g/mol. The van der Waals surface area contributed by atoms with Gasteiger partial charge in [-0.1, -0.05) is 35.0 Å². The molecule has 18 heteroatoms. The number of hydrogen-bond donors (Lipinski definition) is 5. The van der Waals surface area contributed by atoms with Crippen LogP contribution in [0.5, 0.6) is 0 Å². The minimum absolute atomic E-state index is 0.0965. The molecule has 36 heavy (non-hydrogen) atoms. The van der Waals surface area contributed by atoms with Crippen molar-refractivity contribution in [2.75, 3.05) is 17.8 Å². The van der Waals surface area contributed by atoms with Crippen LogP contribution in [0.4, 0.5) is 10.2 Å². The van der Waals surface area contributed by atoms with E-state index in [1.807, 2.05) is 12.1 Å². The van der Waals surface area contributed by atoms with Crippen molar-refractivity contribution < 1.29 is 37.8 Å². The van der Waals surface area contributed by atoms with Crippen LogP contribution in [0.3, 0.4) is 0 Å². The van der Waals surface area contributed by atoms with Crippen molar-refractivity contribution >= 4 is 55.4 Å². The summed E-state index contributed by atoms with van der Waals surface area (Å²) in [5, 5.41) is 22.0. The Bertz CT molecular complexity index is 1360. The zero-order chi connectivity index (χ0) is 26.3. The van der Waals surface area contributed by atoms with E-state index in [9.17, 15) is 23.5 Å². The molecule has 13 nitrogen and oxygen atoms in total. The fourth-order valence-corrected chi connectivity index (χ4v) is 6.91. The number of aliphatic hydroxyl groups is 1. The lowest BCUT2D eigenvalue weighted by Gasteiger charge is -2.17. The maximum absolute atomic E-state index is 14.8. The highest BCUT2D eigenvalue weighted by atomic mass is 35.5. The van der Waals surface area contributed by atoms with Crippen molar-refractivity contribution in [3.05, 3.63) is 40.1 Å². The Morgan fingerprint density at radius 1 is 1.19 bits per heavy atom. The molecule has 0 amide bonds. The van der Waals surface area contributed by atoms with Crippen molar-refractivity contribution in [1.82, 2.24) is 25.0 Å². The molecule has 3 aromatic rings. The van der Waals surface area contributed by atoms with E-state index < -0.39 is 51.9 Å². The predicted octanol–water partition coefficient (Wildman–Crippen LogP) is 2.74. The summed E-state index contributed by atoms with van der Waals surface area (Å²) in [5.74, 6) is -2.24. The number of aliphatic hydroxyl groups excluding tert-OH is 1. The van der Waals surface area contributed by atoms with Crippen LogP contribution in [0, 0.1) is 5.92 Å². The highest BCUT2D eigenvalue weighted by Crippen LogP contribution is 2.56. The van der Waals surface area contributed by atoms with Crippen molar-refractivity contribution in [1.29, 1.82) is 0 Å². The third kappa shape index (κ3) is 6.21. The highest BCUT2D eigenvalue weighted by Gasteiger charge is 2.46. The van der Waals surface area contributed by atoms with Crippen LogP contribution in [-0.4, -0.2) is 69.5 Å². The Morgan fingerprint density at radius 3 is 2.61 bits per heavy atom. The molecule has 196 valence electrons. The first-order valence-corrected chi connectivity index (χ1v) is 14.7. The van der Waals surface area contributed by atoms with Crippen molar-refractivity contribution in [3.8, 4) is 0 Å². The number of fused-ring (bicyclic) bond motifs is 1. The molecular weight excluding hydrogens is 564 g/mol. The molecule has 0 aliphatic heterocycles. The van der Waals surface area contributed by atoms with Crippen LogP contribution in [0.1, 0.15) is 18.0 Å². The summed E-state index contributed by atoms with van der Waals surface area (Å²) in [6.07, 6.45) is -3.59. The van der Waals surface area contributed by atoms with Gasteiger partial charge in [-0.25, -0.2) is 9.07 Å². The smallest absolute Gasteiger partial charge is 0.340 e. The van der Waals surface area contributed by atoms with Gasteiger partial charge in [0.1, 0.15) is 12.3 Å². The third-order valence-corrected chi connectivity index (χ3v) is 9.58. The van der Waals surface area contributed by atoms with Crippen LogP contribution < -0.4 is 5.32 Å². The van der Waals surface area contributed by atoms with Gasteiger partial charge in [0.2, 0.25) is 5.28 Å². The van der Waals surface area contributed by atoms with E-state index in [0.717, 1.165) is 5.56 Å². The molecule has 2 aromatic heterocycles. The van der Waals surface area contributed by atoms with E-state index in [-0.39, 0.29) is 35.2 Å². The Kier molecular flexibility index (Phi) is 8.01. The normalized spacial score (nSPS) is 24.2. The van der Waals surface area contributed by atoms with Crippen LogP contribution in [-0.2, 0) is 20.2 Å². The minimum atomic E-state index is -4.84. The first-order valence-electron chi connectivity index (χ1n) is 10.4. The summed E-state index contributed by atoms with van der Waals surface area (Å²) in [6.45, 7) is -0.377. The van der Waals surface area contributed by atoms with E-state index in [0.29, 0.717) is 5.02 Å². The lowest BCUT2D eigenvalue weighted by Crippen LogP contribution is -2.28. The number of alkyl halides is 1. The SMILES string of the molecule is O=P(O)(O)CP(=O)(O)OC[C@H]1C[C@@H](n2nnc3c(NCc4ccccc4Cl)nc(Cl)nc32)[C@H](O)[C@@H]1F. The van der Waals surface area contributed by atoms with Gasteiger partial charge >= 0.3 is 15.2 Å². The summed E-state index contributed by atoms with van der Waals surface area (Å²) >= 11 is 12.3. The van der Waals surface area contributed by atoms with Gasteiger partial charge in [0, 0.05) is 17.5 Å². The first-order chi connectivity index (χ1) is 16.8. The molecule has 0 bridgehead atoms. The Labute approximate surface area is 213 Å². The molecule has 0 spiro atoms. The number of nitrogens with one attached hydrogen (secondary N) is 1. The molecule has 4 rings (SSSR count). The average molecular weight is 585 g/mol. The van der Waals surface area contributed by atoms with Gasteiger partial charge in [-0.05, 0) is 29.7 Å². The van der Waals surface area contributed by atoms with Gasteiger partial charge in [0.05, 0.1) is 12.6 Å². The molecule has 1 aliphatic carbocycles. The Hall–Kier alpha value is -1.73. The van der Waals surface area contributed by atoms with Crippen molar-refractivity contribution in [3.63, 3.8) is 0 Å². The fraction of sp³-hybridized carbons (Fsp3) is 0.444. The zero-order valence-electron chi connectivity index (χ0n) is 18.2. The summed E-state index contributed by atoms with van der Waals surface area (Å²) in [6, 6.07) is 6.17. The van der Waals surface area contributed by atoms with Crippen molar-refractivity contribution in [2.45, 2.75) is 31.3 Å². The molecular formula is C18H21Cl2FN6O7P2. The summed E-state index contributed by atoms with van der Waals surface area (Å²) in [5.41, 5.74) is 1.10. The van der Waals surface area contributed by atoms with Gasteiger partial charge < -0.3 is 29.6 Å². The van der Waals surface area contributed by atoms with Crippen LogP contribution in [0.2, 0.25) is 10.3 Å². The minimum Gasteiger partial charge on any atom is -0.388 e. The van der Waals surface area contributed by atoms with Crippen LogP contribution in [0.25, 0.3) is 11.2 Å². The quantitative estimate of drug-likeness (QED) is 0.182. The largest absolute Gasteiger partial charge is 0.388 e. The van der Waals surface area contributed by atoms with Gasteiger partial charge in [0.25, 0.3) is 0 Å². The molecule has 0 radical (unpaired) electrons. The van der Waals surface area contributed by atoms with Crippen molar-refractivity contribution in [2.24, 2.45) is 5.92 Å². The zero-order valence-corrected chi connectivity index (χ0v) is 21.5. The number of halogens is 3. The molecule has 1 aromatic carbocycles. The molecule has 0 saturated heterocycles.